The summed E-state index contributed by atoms with van der Waals surface area (Å²) in [7, 11) is 0. The maximum atomic E-state index is 13.2. The van der Waals surface area contributed by atoms with E-state index in [2.05, 4.69) is 24.1 Å². The number of rotatable bonds is 2. The molecule has 4 heteroatoms. The molecule has 0 aromatic heterocycles. The van der Waals surface area contributed by atoms with Gasteiger partial charge in [-0.3, -0.25) is 0 Å². The molecule has 2 nitrogen and oxygen atoms in total. The van der Waals surface area contributed by atoms with Crippen molar-refractivity contribution in [2.24, 2.45) is 5.92 Å². The second kappa shape index (κ2) is 5.00. The largest absolute Gasteiger partial charge is 0.366 e. The Morgan fingerprint density at radius 1 is 1.24 bits per heavy atom. The average Bonchev–Trinajstić information content (AvgIpc) is 2.27. The molecule has 1 aliphatic rings. The van der Waals surface area contributed by atoms with Crippen LogP contribution in [-0.4, -0.2) is 25.7 Å². The fourth-order valence-electron chi connectivity index (χ4n) is 2.35. The van der Waals surface area contributed by atoms with E-state index in [1.807, 2.05) is 0 Å². The molecule has 1 heterocycles. The van der Waals surface area contributed by atoms with Gasteiger partial charge in [-0.15, -0.1) is 0 Å². The predicted molar refractivity (Wildman–Crippen MR) is 65.2 cm³/mol. The van der Waals surface area contributed by atoms with Crippen LogP contribution in [0.25, 0.3) is 0 Å². The molecule has 1 N–H and O–H groups in total. The molecule has 1 saturated heterocycles. The molecule has 1 atom stereocenters. The van der Waals surface area contributed by atoms with Gasteiger partial charge in [-0.05, 0) is 18.1 Å². The number of hydrogen-bond acceptors (Lipinski definition) is 2. The molecule has 0 saturated carbocycles. The number of hydrogen-bond donors (Lipinski definition) is 1. The second-order valence-corrected chi connectivity index (χ2v) is 4.84. The fourth-order valence-corrected chi connectivity index (χ4v) is 2.35. The van der Waals surface area contributed by atoms with Crippen LogP contribution in [0.15, 0.2) is 18.2 Å². The van der Waals surface area contributed by atoms with E-state index in [1.54, 1.807) is 0 Å². The maximum Gasteiger partial charge on any atom is 0.128 e. The molecule has 1 aromatic rings. The highest BCUT2D eigenvalue weighted by molar-refractivity contribution is 5.48. The zero-order valence-corrected chi connectivity index (χ0v) is 10.2. The third-order valence-corrected chi connectivity index (χ3v) is 3.23. The van der Waals surface area contributed by atoms with Crippen molar-refractivity contribution >= 4 is 5.69 Å². The Kier molecular flexibility index (Phi) is 3.62. The van der Waals surface area contributed by atoms with Crippen molar-refractivity contribution in [3.05, 3.63) is 29.8 Å². The topological polar surface area (TPSA) is 15.3 Å². The smallest absolute Gasteiger partial charge is 0.128 e. The Morgan fingerprint density at radius 2 is 1.88 bits per heavy atom. The minimum Gasteiger partial charge on any atom is -0.366 e. The molecule has 0 bridgehead atoms. The lowest BCUT2D eigenvalue weighted by Crippen LogP contribution is -2.53. The molecular formula is C13H18F2N2. The van der Waals surface area contributed by atoms with Crippen LogP contribution in [0.1, 0.15) is 13.8 Å². The average molecular weight is 240 g/mol. The maximum absolute atomic E-state index is 13.2. The molecule has 1 fully saturated rings. The first-order valence-corrected chi connectivity index (χ1v) is 6.01. The van der Waals surface area contributed by atoms with Crippen LogP contribution in [0.4, 0.5) is 14.5 Å². The molecule has 0 radical (unpaired) electrons. The van der Waals surface area contributed by atoms with E-state index >= 15 is 0 Å². The number of nitrogens with zero attached hydrogens (tertiary/aromatic N) is 1. The van der Waals surface area contributed by atoms with Gasteiger partial charge in [-0.2, -0.15) is 0 Å². The SMILES string of the molecule is CC(C)C1CNCCN1c1cc(F)cc(F)c1. The molecule has 0 amide bonds. The van der Waals surface area contributed by atoms with Crippen molar-refractivity contribution in [1.29, 1.82) is 0 Å². The normalized spacial score (nSPS) is 21.0. The Balaban J connectivity index is 2.29. The van der Waals surface area contributed by atoms with Crippen LogP contribution in [0.5, 0.6) is 0 Å². The van der Waals surface area contributed by atoms with Gasteiger partial charge in [0, 0.05) is 37.4 Å². The van der Waals surface area contributed by atoms with Crippen LogP contribution < -0.4 is 10.2 Å². The van der Waals surface area contributed by atoms with E-state index in [1.165, 1.54) is 12.1 Å². The summed E-state index contributed by atoms with van der Waals surface area (Å²) in [6, 6.07) is 4.01. The third kappa shape index (κ3) is 2.75. The van der Waals surface area contributed by atoms with Gasteiger partial charge in [0.2, 0.25) is 0 Å². The Morgan fingerprint density at radius 3 is 2.47 bits per heavy atom. The van der Waals surface area contributed by atoms with Gasteiger partial charge in [-0.1, -0.05) is 13.8 Å². The molecule has 1 unspecified atom stereocenters. The van der Waals surface area contributed by atoms with Crippen LogP contribution >= 0.6 is 0 Å². The summed E-state index contributed by atoms with van der Waals surface area (Å²) in [6.07, 6.45) is 0. The van der Waals surface area contributed by atoms with E-state index in [-0.39, 0.29) is 6.04 Å². The molecule has 1 aromatic carbocycles. The third-order valence-electron chi connectivity index (χ3n) is 3.23. The summed E-state index contributed by atoms with van der Waals surface area (Å²) in [5.41, 5.74) is 0.641. The first-order valence-electron chi connectivity index (χ1n) is 6.01. The molecular weight excluding hydrogens is 222 g/mol. The quantitative estimate of drug-likeness (QED) is 0.854. The number of halogens is 2. The first-order chi connectivity index (χ1) is 8.08. The first kappa shape index (κ1) is 12.3. The van der Waals surface area contributed by atoms with E-state index in [0.717, 1.165) is 25.7 Å². The lowest BCUT2D eigenvalue weighted by molar-refractivity contribution is 0.389. The summed E-state index contributed by atoms with van der Waals surface area (Å²) >= 11 is 0. The summed E-state index contributed by atoms with van der Waals surface area (Å²) in [5.74, 6) is -0.587. The molecule has 0 spiro atoms. The number of benzene rings is 1. The lowest BCUT2D eigenvalue weighted by atomic mass is 10.00. The molecule has 17 heavy (non-hydrogen) atoms. The van der Waals surface area contributed by atoms with Crippen LogP contribution in [0.3, 0.4) is 0 Å². The minimum absolute atomic E-state index is 0.282. The summed E-state index contributed by atoms with van der Waals surface area (Å²) in [5, 5.41) is 3.32. The van der Waals surface area contributed by atoms with Crippen LogP contribution in [-0.2, 0) is 0 Å². The highest BCUT2D eigenvalue weighted by Crippen LogP contribution is 2.24. The van der Waals surface area contributed by atoms with Crippen molar-refractivity contribution in [1.82, 2.24) is 5.32 Å². The standard InChI is InChI=1S/C13H18F2N2/c1-9(2)13-8-16-3-4-17(13)12-6-10(14)5-11(15)7-12/h5-7,9,13,16H,3-4,8H2,1-2H3. The zero-order chi connectivity index (χ0) is 12.4. The molecule has 1 aliphatic heterocycles. The van der Waals surface area contributed by atoms with E-state index in [9.17, 15) is 8.78 Å². The summed E-state index contributed by atoms with van der Waals surface area (Å²) in [4.78, 5) is 2.09. The molecule has 0 aliphatic carbocycles. The van der Waals surface area contributed by atoms with E-state index < -0.39 is 11.6 Å². The summed E-state index contributed by atoms with van der Waals surface area (Å²) in [6.45, 7) is 6.74. The minimum atomic E-state index is -0.513. The van der Waals surface area contributed by atoms with Crippen LogP contribution in [0, 0.1) is 17.6 Å². The molecule has 2 rings (SSSR count). The predicted octanol–water partition coefficient (Wildman–Crippen LogP) is 2.40. The highest BCUT2D eigenvalue weighted by Gasteiger charge is 2.25. The second-order valence-electron chi connectivity index (χ2n) is 4.84. The Bertz CT molecular complexity index is 373. The van der Waals surface area contributed by atoms with Crippen LogP contribution in [0.2, 0.25) is 0 Å². The Hall–Kier alpha value is -1.16. The van der Waals surface area contributed by atoms with Crippen molar-refractivity contribution in [2.45, 2.75) is 19.9 Å². The highest BCUT2D eigenvalue weighted by atomic mass is 19.1. The van der Waals surface area contributed by atoms with Gasteiger partial charge >= 0.3 is 0 Å². The molecule has 94 valence electrons. The van der Waals surface area contributed by atoms with Gasteiger partial charge in [-0.25, -0.2) is 8.78 Å². The van der Waals surface area contributed by atoms with Gasteiger partial charge in [0.25, 0.3) is 0 Å². The monoisotopic (exact) mass is 240 g/mol. The number of anilines is 1. The van der Waals surface area contributed by atoms with Crippen molar-refractivity contribution in [2.75, 3.05) is 24.5 Å². The Labute approximate surface area is 101 Å². The van der Waals surface area contributed by atoms with Crippen molar-refractivity contribution in [3.8, 4) is 0 Å². The van der Waals surface area contributed by atoms with Gasteiger partial charge in [0.1, 0.15) is 11.6 Å². The van der Waals surface area contributed by atoms with Gasteiger partial charge in [0.15, 0.2) is 0 Å². The van der Waals surface area contributed by atoms with Crippen molar-refractivity contribution in [3.63, 3.8) is 0 Å². The number of piperazine rings is 1. The van der Waals surface area contributed by atoms with E-state index in [0.29, 0.717) is 11.6 Å². The van der Waals surface area contributed by atoms with Crippen molar-refractivity contribution < 1.29 is 8.78 Å². The zero-order valence-electron chi connectivity index (χ0n) is 10.2. The number of nitrogens with one attached hydrogen (secondary N) is 1. The van der Waals surface area contributed by atoms with Gasteiger partial charge in [0.05, 0.1) is 0 Å². The lowest BCUT2D eigenvalue weighted by Gasteiger charge is -2.40. The van der Waals surface area contributed by atoms with E-state index in [4.69, 9.17) is 0 Å². The fraction of sp³-hybridized carbons (Fsp3) is 0.538. The van der Waals surface area contributed by atoms with Gasteiger partial charge < -0.3 is 10.2 Å². The summed E-state index contributed by atoms with van der Waals surface area (Å²) < 4.78 is 26.5.